The Kier molecular flexibility index (Phi) is 3.41. The van der Waals surface area contributed by atoms with Gasteiger partial charge in [0, 0.05) is 18.8 Å². The largest absolute Gasteiger partial charge is 0.481 e. The van der Waals surface area contributed by atoms with E-state index in [2.05, 4.69) is 4.72 Å². The molecule has 0 aromatic heterocycles. The van der Waals surface area contributed by atoms with Gasteiger partial charge in [0.1, 0.15) is 0 Å². The summed E-state index contributed by atoms with van der Waals surface area (Å²) in [7, 11) is -3.50. The highest BCUT2D eigenvalue weighted by atomic mass is 32.2. The molecule has 0 spiro atoms. The summed E-state index contributed by atoms with van der Waals surface area (Å²) in [6.45, 7) is 1.10. The van der Waals surface area contributed by atoms with Crippen LogP contribution >= 0.6 is 0 Å². The molecule has 0 amide bonds. The number of rotatable bonds is 5. The normalized spacial score (nSPS) is 21.1. The van der Waals surface area contributed by atoms with E-state index < -0.39 is 21.6 Å². The van der Waals surface area contributed by atoms with E-state index in [9.17, 15) is 18.3 Å². The summed E-state index contributed by atoms with van der Waals surface area (Å²) in [5.74, 6) is -0.812. The molecule has 1 aromatic rings. The smallest absolute Gasteiger partial charge is 0.314 e. The van der Waals surface area contributed by atoms with Crippen molar-refractivity contribution in [3.8, 4) is 0 Å². The van der Waals surface area contributed by atoms with Gasteiger partial charge < -0.3 is 5.11 Å². The van der Waals surface area contributed by atoms with Crippen LogP contribution in [0.5, 0.6) is 0 Å². The maximum Gasteiger partial charge on any atom is 0.314 e. The molecule has 0 unspecified atom stereocenters. The second-order valence-corrected chi connectivity index (χ2v) is 7.35. The van der Waals surface area contributed by atoms with Crippen molar-refractivity contribution in [1.82, 2.24) is 4.31 Å². The molecule has 1 aliphatic carbocycles. The molecule has 2 N–H and O–H groups in total. The molecule has 114 valence electrons. The molecule has 0 radical (unpaired) electrons. The summed E-state index contributed by atoms with van der Waals surface area (Å²) >= 11 is 0. The minimum atomic E-state index is -3.50. The fourth-order valence-electron chi connectivity index (χ4n) is 2.75. The highest BCUT2D eigenvalue weighted by Gasteiger charge is 2.51. The molecular formula is C14H18N2O4S. The number of carbonyl (C=O) groups is 1. The molecule has 1 saturated carbocycles. The quantitative estimate of drug-likeness (QED) is 0.864. The van der Waals surface area contributed by atoms with Crippen LogP contribution in [-0.4, -0.2) is 36.9 Å². The van der Waals surface area contributed by atoms with E-state index in [1.165, 1.54) is 4.31 Å². The third-order valence-corrected chi connectivity index (χ3v) is 5.79. The molecule has 3 rings (SSSR count). The van der Waals surface area contributed by atoms with Gasteiger partial charge in [-0.3, -0.25) is 9.52 Å². The van der Waals surface area contributed by atoms with Gasteiger partial charge in [-0.2, -0.15) is 12.7 Å². The molecular weight excluding hydrogens is 292 g/mol. The Bertz CT molecular complexity index is 644. The van der Waals surface area contributed by atoms with E-state index in [-0.39, 0.29) is 0 Å². The molecule has 1 aromatic carbocycles. The first-order chi connectivity index (χ1) is 9.94. The van der Waals surface area contributed by atoms with Crippen molar-refractivity contribution < 1.29 is 18.3 Å². The van der Waals surface area contributed by atoms with Gasteiger partial charge in [-0.25, -0.2) is 0 Å². The van der Waals surface area contributed by atoms with E-state index in [1.807, 2.05) is 0 Å². The van der Waals surface area contributed by atoms with Gasteiger partial charge in [0.05, 0.1) is 5.41 Å². The molecule has 1 saturated heterocycles. The lowest BCUT2D eigenvalue weighted by Gasteiger charge is -2.17. The monoisotopic (exact) mass is 310 g/mol. The van der Waals surface area contributed by atoms with Crippen LogP contribution in [0.2, 0.25) is 0 Å². The summed E-state index contributed by atoms with van der Waals surface area (Å²) in [6, 6.07) is 6.66. The van der Waals surface area contributed by atoms with Crippen LogP contribution in [0.1, 0.15) is 31.2 Å². The standard InChI is InChI=1S/C14H18N2O4S/c17-13(18)14(7-8-14)11-3-5-12(6-4-11)15-21(19,20)16-9-1-2-10-16/h3-6,15H,1-2,7-10H2,(H,17,18). The first-order valence-corrected chi connectivity index (χ1v) is 8.50. The van der Waals surface area contributed by atoms with Crippen LogP contribution in [0.25, 0.3) is 0 Å². The predicted molar refractivity (Wildman–Crippen MR) is 78.3 cm³/mol. The Balaban J connectivity index is 1.74. The Hall–Kier alpha value is -1.60. The lowest BCUT2D eigenvalue weighted by atomic mass is 9.96. The van der Waals surface area contributed by atoms with E-state index in [1.54, 1.807) is 24.3 Å². The first-order valence-electron chi connectivity index (χ1n) is 7.06. The van der Waals surface area contributed by atoms with Gasteiger partial charge in [-0.1, -0.05) is 12.1 Å². The Morgan fingerprint density at radius 1 is 1.14 bits per heavy atom. The maximum absolute atomic E-state index is 12.1. The van der Waals surface area contributed by atoms with Gasteiger partial charge in [-0.15, -0.1) is 0 Å². The van der Waals surface area contributed by atoms with E-state index in [4.69, 9.17) is 0 Å². The lowest BCUT2D eigenvalue weighted by molar-refractivity contribution is -0.140. The Morgan fingerprint density at radius 3 is 2.19 bits per heavy atom. The second kappa shape index (κ2) is 4.99. The Labute approximate surface area is 124 Å². The molecule has 0 atom stereocenters. The minimum absolute atomic E-state index is 0.465. The van der Waals surface area contributed by atoms with Crippen LogP contribution < -0.4 is 4.72 Å². The second-order valence-electron chi connectivity index (χ2n) is 5.68. The SMILES string of the molecule is O=C(O)C1(c2ccc(NS(=O)(=O)N3CCCC3)cc2)CC1. The van der Waals surface area contributed by atoms with E-state index >= 15 is 0 Å². The number of hydrogen-bond donors (Lipinski definition) is 2. The molecule has 0 bridgehead atoms. The lowest BCUT2D eigenvalue weighted by Crippen LogP contribution is -2.33. The third kappa shape index (κ3) is 2.63. The summed E-state index contributed by atoms with van der Waals surface area (Å²) in [5.41, 5.74) is 0.442. The molecule has 21 heavy (non-hydrogen) atoms. The van der Waals surface area contributed by atoms with Crippen LogP contribution in [0.3, 0.4) is 0 Å². The summed E-state index contributed by atoms with van der Waals surface area (Å²) in [5, 5.41) is 9.24. The highest BCUT2D eigenvalue weighted by Crippen LogP contribution is 2.48. The number of carboxylic acid groups (broad SMARTS) is 1. The number of aliphatic carboxylic acids is 1. The van der Waals surface area contributed by atoms with Crippen LogP contribution in [0.4, 0.5) is 5.69 Å². The number of nitrogens with zero attached hydrogens (tertiary/aromatic N) is 1. The predicted octanol–water partition coefficient (Wildman–Crippen LogP) is 1.56. The zero-order valence-electron chi connectivity index (χ0n) is 11.6. The number of carboxylic acids is 1. The van der Waals surface area contributed by atoms with Crippen molar-refractivity contribution in [2.75, 3.05) is 17.8 Å². The number of hydrogen-bond acceptors (Lipinski definition) is 3. The average Bonchev–Trinajstić information content (AvgIpc) is 3.06. The fourth-order valence-corrected chi connectivity index (χ4v) is 4.05. The van der Waals surface area contributed by atoms with Crippen molar-refractivity contribution in [2.45, 2.75) is 31.1 Å². The third-order valence-electron chi connectivity index (χ3n) is 4.25. The van der Waals surface area contributed by atoms with Gasteiger partial charge >= 0.3 is 16.2 Å². The topological polar surface area (TPSA) is 86.7 Å². The number of anilines is 1. The highest BCUT2D eigenvalue weighted by molar-refractivity contribution is 7.90. The van der Waals surface area contributed by atoms with Crippen molar-refractivity contribution in [3.63, 3.8) is 0 Å². The fraction of sp³-hybridized carbons (Fsp3) is 0.500. The van der Waals surface area contributed by atoms with Crippen molar-refractivity contribution >= 4 is 21.9 Å². The summed E-state index contributed by atoms with van der Waals surface area (Å²) < 4.78 is 28.2. The molecule has 1 aliphatic heterocycles. The van der Waals surface area contributed by atoms with Crippen LogP contribution in [0, 0.1) is 0 Å². The van der Waals surface area contributed by atoms with Crippen molar-refractivity contribution in [2.24, 2.45) is 0 Å². The molecule has 6 nitrogen and oxygen atoms in total. The number of nitrogens with one attached hydrogen (secondary N) is 1. The molecule has 2 aliphatic rings. The van der Waals surface area contributed by atoms with Crippen LogP contribution in [-0.2, 0) is 20.4 Å². The molecule has 7 heteroatoms. The van der Waals surface area contributed by atoms with Gasteiger partial charge in [0.25, 0.3) is 0 Å². The molecule has 2 fully saturated rings. The average molecular weight is 310 g/mol. The Morgan fingerprint density at radius 2 is 1.71 bits per heavy atom. The minimum Gasteiger partial charge on any atom is -0.481 e. The van der Waals surface area contributed by atoms with Crippen LogP contribution in [0.15, 0.2) is 24.3 Å². The van der Waals surface area contributed by atoms with Gasteiger partial charge in [0.2, 0.25) is 0 Å². The first kappa shape index (κ1) is 14.3. The van der Waals surface area contributed by atoms with E-state index in [0.29, 0.717) is 31.6 Å². The van der Waals surface area contributed by atoms with Gasteiger partial charge in [0.15, 0.2) is 0 Å². The summed E-state index contributed by atoms with van der Waals surface area (Å²) in [4.78, 5) is 11.3. The number of benzene rings is 1. The zero-order valence-corrected chi connectivity index (χ0v) is 12.4. The van der Waals surface area contributed by atoms with E-state index in [0.717, 1.165) is 18.4 Å². The maximum atomic E-state index is 12.1. The van der Waals surface area contributed by atoms with Gasteiger partial charge in [-0.05, 0) is 43.4 Å². The zero-order chi connectivity index (χ0) is 15.1. The van der Waals surface area contributed by atoms with Crippen molar-refractivity contribution in [3.05, 3.63) is 29.8 Å². The van der Waals surface area contributed by atoms with Crippen molar-refractivity contribution in [1.29, 1.82) is 0 Å². The molecule has 1 heterocycles. The summed E-state index contributed by atoms with van der Waals surface area (Å²) in [6.07, 6.45) is 3.06.